The Labute approximate surface area is 276 Å². The third-order valence-corrected chi connectivity index (χ3v) is 6.98. The summed E-state index contributed by atoms with van der Waals surface area (Å²) in [4.78, 5) is 22.1. The van der Waals surface area contributed by atoms with Crippen molar-refractivity contribution >= 4 is 5.91 Å². The SMILES string of the molecule is CCCOc1ccc(-c2cc(C(C(=O)NCCOCCOCCO)n3cc4nc(-c5cccc(F)c5F)nc-4cn3)on2)c(C(F)(F)F)c1. The fraction of sp³-hybridized carbons (Fsp3) is 0.344. The van der Waals surface area contributed by atoms with Gasteiger partial charge in [0.05, 0.1) is 63.2 Å². The van der Waals surface area contributed by atoms with Crippen molar-refractivity contribution in [2.45, 2.75) is 25.6 Å². The van der Waals surface area contributed by atoms with E-state index in [2.05, 4.69) is 25.5 Å². The predicted molar refractivity (Wildman–Crippen MR) is 162 cm³/mol. The summed E-state index contributed by atoms with van der Waals surface area (Å²) in [7, 11) is 0. The van der Waals surface area contributed by atoms with Gasteiger partial charge in [-0.1, -0.05) is 18.1 Å². The van der Waals surface area contributed by atoms with Crippen LogP contribution in [0.3, 0.4) is 0 Å². The van der Waals surface area contributed by atoms with E-state index in [0.29, 0.717) is 6.42 Å². The summed E-state index contributed by atoms with van der Waals surface area (Å²) in [5.74, 6) is -3.18. The summed E-state index contributed by atoms with van der Waals surface area (Å²) in [5, 5.41) is 19.5. The first kappa shape index (κ1) is 35.3. The lowest BCUT2D eigenvalue weighted by molar-refractivity contribution is -0.137. The number of aliphatic hydroxyl groups is 1. The van der Waals surface area contributed by atoms with Crippen LogP contribution in [0.15, 0.2) is 59.4 Å². The van der Waals surface area contributed by atoms with Crippen LogP contribution in [0.2, 0.25) is 0 Å². The molecule has 260 valence electrons. The van der Waals surface area contributed by atoms with E-state index in [1.165, 1.54) is 42.7 Å². The van der Waals surface area contributed by atoms with Crippen LogP contribution >= 0.6 is 0 Å². The fourth-order valence-electron chi connectivity index (χ4n) is 4.72. The third kappa shape index (κ3) is 8.54. The molecule has 1 amide bonds. The van der Waals surface area contributed by atoms with E-state index in [4.69, 9.17) is 23.8 Å². The predicted octanol–water partition coefficient (Wildman–Crippen LogP) is 4.92. The maximum atomic E-state index is 14.5. The van der Waals surface area contributed by atoms with Gasteiger partial charge in [0.15, 0.2) is 29.3 Å². The van der Waals surface area contributed by atoms with Gasteiger partial charge in [0.25, 0.3) is 5.91 Å². The fourth-order valence-corrected chi connectivity index (χ4v) is 4.72. The number of hydrogen-bond acceptors (Lipinski definition) is 10. The van der Waals surface area contributed by atoms with Crippen LogP contribution < -0.4 is 10.1 Å². The van der Waals surface area contributed by atoms with Crippen molar-refractivity contribution in [3.63, 3.8) is 0 Å². The van der Waals surface area contributed by atoms with E-state index in [1.54, 1.807) is 0 Å². The van der Waals surface area contributed by atoms with Crippen LogP contribution in [-0.4, -0.2) is 82.1 Å². The molecule has 3 heterocycles. The van der Waals surface area contributed by atoms with Crippen molar-refractivity contribution in [1.82, 2.24) is 30.2 Å². The number of hydrogen-bond donors (Lipinski definition) is 2. The number of nitrogens with one attached hydrogen (secondary N) is 1. The highest BCUT2D eigenvalue weighted by molar-refractivity contribution is 5.83. The minimum absolute atomic E-state index is 0.0236. The molecule has 2 aliphatic heterocycles. The molecular weight excluding hydrogens is 659 g/mol. The number of amides is 1. The Morgan fingerprint density at radius 3 is 2.51 bits per heavy atom. The highest BCUT2D eigenvalue weighted by Gasteiger charge is 2.36. The molecule has 2 aliphatic rings. The number of imidazole rings is 1. The van der Waals surface area contributed by atoms with Gasteiger partial charge in [0, 0.05) is 18.2 Å². The molecule has 0 aliphatic carbocycles. The lowest BCUT2D eigenvalue weighted by atomic mass is 10.0. The number of aliphatic hydroxyl groups excluding tert-OH is 1. The smallest absolute Gasteiger partial charge is 0.417 e. The van der Waals surface area contributed by atoms with Crippen molar-refractivity contribution in [2.24, 2.45) is 0 Å². The molecule has 2 aromatic carbocycles. The van der Waals surface area contributed by atoms with Crippen LogP contribution in [-0.2, 0) is 20.4 Å². The Balaban J connectivity index is 1.46. The van der Waals surface area contributed by atoms with E-state index in [0.717, 1.165) is 16.8 Å². The number of carbonyl (C=O) groups is 1. The summed E-state index contributed by atoms with van der Waals surface area (Å²) in [6.45, 7) is 2.61. The Morgan fingerprint density at radius 1 is 0.980 bits per heavy atom. The molecule has 0 fully saturated rings. The zero-order valence-corrected chi connectivity index (χ0v) is 26.0. The largest absolute Gasteiger partial charge is 0.494 e. The number of ether oxygens (including phenoxy) is 3. The van der Waals surface area contributed by atoms with Gasteiger partial charge in [-0.3, -0.25) is 9.48 Å². The standard InChI is InChI=1S/C32H31F5N6O6/c1-2-10-48-19-6-7-20(22(15-19)32(35,36)37)24-16-27(49-42-24)29(31(45)38-8-11-46-13-14-47-12-9-44)43-18-26-25(17-39-43)40-30(41-26)21-4-3-5-23(33)28(21)34/h3-7,15-18,29,44H,2,8-14H2,1H3,(H,38,45). The molecule has 49 heavy (non-hydrogen) atoms. The molecule has 2 N–H and O–H groups in total. The lowest BCUT2D eigenvalue weighted by Gasteiger charge is -2.17. The minimum atomic E-state index is -4.77. The van der Waals surface area contributed by atoms with Crippen LogP contribution in [0.4, 0.5) is 22.0 Å². The van der Waals surface area contributed by atoms with Crippen LogP contribution in [0, 0.1) is 11.6 Å². The molecule has 0 radical (unpaired) electrons. The topological polar surface area (TPSA) is 147 Å². The van der Waals surface area contributed by atoms with E-state index in [-0.39, 0.29) is 91.7 Å². The Morgan fingerprint density at radius 2 is 1.76 bits per heavy atom. The van der Waals surface area contributed by atoms with Crippen molar-refractivity contribution in [3.8, 4) is 39.8 Å². The number of nitrogens with zero attached hydrogens (tertiary/aromatic N) is 5. The molecular formula is C32H31F5N6O6. The van der Waals surface area contributed by atoms with Crippen molar-refractivity contribution in [1.29, 1.82) is 0 Å². The zero-order valence-electron chi connectivity index (χ0n) is 26.0. The molecule has 0 spiro atoms. The number of fused-ring (bicyclic) bond motifs is 1. The summed E-state index contributed by atoms with van der Waals surface area (Å²) < 4.78 is 93.2. The van der Waals surface area contributed by atoms with Gasteiger partial charge in [-0.15, -0.1) is 0 Å². The molecule has 0 saturated heterocycles. The molecule has 1 unspecified atom stereocenters. The van der Waals surface area contributed by atoms with Gasteiger partial charge in [0.2, 0.25) is 0 Å². The van der Waals surface area contributed by atoms with E-state index < -0.39 is 35.3 Å². The lowest BCUT2D eigenvalue weighted by Crippen LogP contribution is -2.36. The number of halogens is 5. The van der Waals surface area contributed by atoms with Gasteiger partial charge >= 0.3 is 6.18 Å². The minimum Gasteiger partial charge on any atom is -0.494 e. The Bertz CT molecular complexity index is 1830. The average molecular weight is 691 g/mol. The number of alkyl halides is 3. The van der Waals surface area contributed by atoms with Crippen LogP contribution in [0.5, 0.6) is 5.75 Å². The molecule has 12 nitrogen and oxygen atoms in total. The van der Waals surface area contributed by atoms with Crippen LogP contribution in [0.25, 0.3) is 34.0 Å². The first-order valence-electron chi connectivity index (χ1n) is 15.1. The summed E-state index contributed by atoms with van der Waals surface area (Å²) >= 11 is 0. The molecule has 1 aromatic heterocycles. The average Bonchev–Trinajstić information content (AvgIpc) is 3.73. The highest BCUT2D eigenvalue weighted by atomic mass is 19.4. The molecule has 17 heteroatoms. The number of rotatable bonds is 16. The Kier molecular flexibility index (Phi) is 11.5. The van der Waals surface area contributed by atoms with Crippen molar-refractivity contribution in [2.75, 3.05) is 46.2 Å². The van der Waals surface area contributed by atoms with Crippen LogP contribution in [0.1, 0.15) is 30.7 Å². The van der Waals surface area contributed by atoms with Gasteiger partial charge in [-0.05, 0) is 36.8 Å². The third-order valence-electron chi connectivity index (χ3n) is 6.98. The van der Waals surface area contributed by atoms with E-state index in [1.807, 2.05) is 6.92 Å². The second-order valence-electron chi connectivity index (χ2n) is 10.5. The van der Waals surface area contributed by atoms with Gasteiger partial charge < -0.3 is 29.2 Å². The number of benzene rings is 2. The summed E-state index contributed by atoms with van der Waals surface area (Å²) in [6, 6.07) is 6.80. The van der Waals surface area contributed by atoms with E-state index in [9.17, 15) is 26.7 Å². The molecule has 5 rings (SSSR count). The molecule has 0 bridgehead atoms. The second kappa shape index (κ2) is 15.9. The second-order valence-corrected chi connectivity index (χ2v) is 10.5. The molecule has 0 saturated carbocycles. The zero-order chi connectivity index (χ0) is 35.0. The summed E-state index contributed by atoms with van der Waals surface area (Å²) in [6.07, 6.45) is -1.61. The quantitative estimate of drug-likeness (QED) is 0.108. The monoisotopic (exact) mass is 690 g/mol. The van der Waals surface area contributed by atoms with E-state index >= 15 is 0 Å². The van der Waals surface area contributed by atoms with Crippen molar-refractivity contribution < 1.29 is 50.6 Å². The van der Waals surface area contributed by atoms with Gasteiger partial charge in [-0.25, -0.2) is 18.7 Å². The first-order valence-corrected chi connectivity index (χ1v) is 15.1. The molecule has 1 atom stereocenters. The van der Waals surface area contributed by atoms with Gasteiger partial charge in [0.1, 0.15) is 22.8 Å². The first-order chi connectivity index (χ1) is 23.6. The highest BCUT2D eigenvalue weighted by Crippen LogP contribution is 2.40. The Hall–Kier alpha value is -5.00. The van der Waals surface area contributed by atoms with Gasteiger partial charge in [-0.2, -0.15) is 18.3 Å². The number of carbonyl (C=O) groups excluding carboxylic acids is 1. The molecule has 3 aromatic rings. The maximum absolute atomic E-state index is 14.5. The normalized spacial score (nSPS) is 12.4. The maximum Gasteiger partial charge on any atom is 0.417 e. The number of aromatic nitrogens is 5. The summed E-state index contributed by atoms with van der Waals surface area (Å²) in [5.41, 5.74) is -1.36. The van der Waals surface area contributed by atoms with Crippen molar-refractivity contribution in [3.05, 3.63) is 77.8 Å².